The molecule has 1 aromatic carbocycles. The summed E-state index contributed by atoms with van der Waals surface area (Å²) in [6.45, 7) is 2.30. The maximum Gasteiger partial charge on any atom is 0.269 e. The van der Waals surface area contributed by atoms with Crippen LogP contribution in [0.1, 0.15) is 5.56 Å². The first-order chi connectivity index (χ1) is 8.15. The summed E-state index contributed by atoms with van der Waals surface area (Å²) in [6, 6.07) is 6.69. The highest BCUT2D eigenvalue weighted by atomic mass is 32.2. The van der Waals surface area contributed by atoms with E-state index in [2.05, 4.69) is 4.90 Å². The summed E-state index contributed by atoms with van der Waals surface area (Å²) < 4.78 is 11.2. The average Bonchev–Trinajstić information content (AvgIpc) is 2.32. The number of hydrogen-bond acceptors (Lipinski definition) is 4. The van der Waals surface area contributed by atoms with Crippen molar-refractivity contribution in [1.29, 1.82) is 0 Å². The van der Waals surface area contributed by atoms with Gasteiger partial charge in [-0.25, -0.2) is 0 Å². The molecule has 2 rings (SSSR count). The van der Waals surface area contributed by atoms with Crippen molar-refractivity contribution in [1.82, 2.24) is 4.90 Å². The van der Waals surface area contributed by atoms with Gasteiger partial charge in [0.1, 0.15) is 0 Å². The number of hydrogen-bond donors (Lipinski definition) is 0. The van der Waals surface area contributed by atoms with Crippen LogP contribution < -0.4 is 0 Å². The van der Waals surface area contributed by atoms with Gasteiger partial charge in [-0.2, -0.15) is 0 Å². The molecule has 0 bridgehead atoms. The van der Waals surface area contributed by atoms with Crippen molar-refractivity contribution >= 4 is 16.5 Å². The van der Waals surface area contributed by atoms with Crippen LogP contribution in [0.25, 0.3) is 0 Å². The molecule has 0 atom stereocenters. The van der Waals surface area contributed by atoms with Crippen LogP contribution in [-0.4, -0.2) is 38.6 Å². The van der Waals surface area contributed by atoms with Gasteiger partial charge in [0.25, 0.3) is 5.69 Å². The topological polar surface area (TPSA) is 63.5 Å². The van der Waals surface area contributed by atoms with E-state index in [4.69, 9.17) is 0 Å². The first kappa shape index (κ1) is 12.2. The highest BCUT2D eigenvalue weighted by molar-refractivity contribution is 7.85. The summed E-state index contributed by atoms with van der Waals surface area (Å²) in [5.74, 6) is 1.41. The van der Waals surface area contributed by atoms with Crippen molar-refractivity contribution in [2.75, 3.05) is 24.6 Å². The van der Waals surface area contributed by atoms with E-state index in [0.717, 1.165) is 18.7 Å². The lowest BCUT2D eigenvalue weighted by molar-refractivity contribution is -0.384. The summed E-state index contributed by atoms with van der Waals surface area (Å²) >= 11 is 0. The van der Waals surface area contributed by atoms with Gasteiger partial charge < -0.3 is 0 Å². The summed E-state index contributed by atoms with van der Waals surface area (Å²) in [6.07, 6.45) is 0. The molecule has 0 N–H and O–H groups in total. The molecule has 1 heterocycles. The fourth-order valence-electron chi connectivity index (χ4n) is 1.86. The number of non-ortho nitro benzene ring substituents is 1. The normalized spacial score (nSPS) is 18.1. The largest absolute Gasteiger partial charge is 0.297 e. The molecule has 0 unspecified atom stereocenters. The van der Waals surface area contributed by atoms with E-state index >= 15 is 0 Å². The minimum atomic E-state index is -0.681. The fourth-order valence-corrected chi connectivity index (χ4v) is 2.99. The molecule has 1 fully saturated rings. The average molecular weight is 254 g/mol. The van der Waals surface area contributed by atoms with Crippen LogP contribution >= 0.6 is 0 Å². The molecule has 0 saturated carbocycles. The molecule has 1 aliphatic rings. The van der Waals surface area contributed by atoms with Gasteiger partial charge in [-0.05, 0) is 5.56 Å². The maximum absolute atomic E-state index is 11.2. The molecule has 0 aliphatic carbocycles. The Hall–Kier alpha value is -1.27. The predicted octanol–water partition coefficient (Wildman–Crippen LogP) is 1.16. The van der Waals surface area contributed by atoms with Crippen LogP contribution in [0, 0.1) is 10.1 Å². The highest BCUT2D eigenvalue weighted by Gasteiger charge is 2.16. The van der Waals surface area contributed by atoms with Gasteiger partial charge in [0.2, 0.25) is 0 Å². The third-order valence-corrected chi connectivity index (χ3v) is 4.07. The first-order valence-corrected chi connectivity index (χ1v) is 6.94. The predicted molar refractivity (Wildman–Crippen MR) is 66.2 cm³/mol. The molecule has 0 amide bonds. The summed E-state index contributed by atoms with van der Waals surface area (Å²) in [5, 5.41) is 10.6. The van der Waals surface area contributed by atoms with Gasteiger partial charge in [-0.1, -0.05) is 12.1 Å². The van der Waals surface area contributed by atoms with Crippen molar-refractivity contribution in [2.45, 2.75) is 6.54 Å². The smallest absolute Gasteiger partial charge is 0.269 e. The van der Waals surface area contributed by atoms with Gasteiger partial charge in [-0.15, -0.1) is 0 Å². The molecule has 17 heavy (non-hydrogen) atoms. The number of rotatable bonds is 3. The number of nitrogens with zero attached hydrogens (tertiary/aromatic N) is 2. The van der Waals surface area contributed by atoms with Gasteiger partial charge in [0.05, 0.1) is 4.92 Å². The van der Waals surface area contributed by atoms with Crippen molar-refractivity contribution in [3.8, 4) is 0 Å². The van der Waals surface area contributed by atoms with Crippen LogP contribution in [0.4, 0.5) is 5.69 Å². The highest BCUT2D eigenvalue weighted by Crippen LogP contribution is 2.15. The Morgan fingerprint density at radius 2 is 2.06 bits per heavy atom. The zero-order valence-electron chi connectivity index (χ0n) is 9.37. The van der Waals surface area contributed by atoms with E-state index in [1.165, 1.54) is 6.07 Å². The number of benzene rings is 1. The Bertz CT molecular complexity index is 440. The van der Waals surface area contributed by atoms with Crippen LogP contribution in [-0.2, 0) is 17.3 Å². The molecular formula is C11H14N2O3S. The van der Waals surface area contributed by atoms with E-state index in [9.17, 15) is 14.3 Å². The molecule has 0 spiro atoms. The molecule has 1 aliphatic heterocycles. The molecule has 0 radical (unpaired) electrons. The van der Waals surface area contributed by atoms with Gasteiger partial charge >= 0.3 is 0 Å². The molecule has 1 aromatic rings. The minimum Gasteiger partial charge on any atom is -0.297 e. The van der Waals surface area contributed by atoms with Crippen molar-refractivity contribution in [2.24, 2.45) is 0 Å². The van der Waals surface area contributed by atoms with E-state index in [-0.39, 0.29) is 10.6 Å². The Labute approximate surface area is 102 Å². The number of nitro benzene ring substituents is 1. The van der Waals surface area contributed by atoms with Crippen molar-refractivity contribution < 1.29 is 9.13 Å². The maximum atomic E-state index is 11.2. The van der Waals surface area contributed by atoms with Crippen LogP contribution in [0.15, 0.2) is 24.3 Å². The molecule has 1 saturated heterocycles. The molecule has 5 nitrogen and oxygen atoms in total. The third kappa shape index (κ3) is 3.34. The fraction of sp³-hybridized carbons (Fsp3) is 0.455. The van der Waals surface area contributed by atoms with Gasteiger partial charge in [0.15, 0.2) is 0 Å². The van der Waals surface area contributed by atoms with Crippen LogP contribution in [0.2, 0.25) is 0 Å². The van der Waals surface area contributed by atoms with Crippen LogP contribution in [0.3, 0.4) is 0 Å². The van der Waals surface area contributed by atoms with Gasteiger partial charge in [-0.3, -0.25) is 19.2 Å². The lowest BCUT2D eigenvalue weighted by Crippen LogP contribution is -2.37. The van der Waals surface area contributed by atoms with Crippen molar-refractivity contribution in [3.63, 3.8) is 0 Å². The summed E-state index contributed by atoms with van der Waals surface area (Å²) in [4.78, 5) is 12.4. The molecule has 0 aromatic heterocycles. The zero-order valence-corrected chi connectivity index (χ0v) is 10.2. The second-order valence-corrected chi connectivity index (χ2v) is 5.75. The Morgan fingerprint density at radius 3 is 2.71 bits per heavy atom. The van der Waals surface area contributed by atoms with E-state index in [1.54, 1.807) is 12.1 Å². The first-order valence-electron chi connectivity index (χ1n) is 5.46. The standard InChI is InChI=1S/C11H14N2O3S/c14-13(15)11-3-1-2-10(8-11)9-12-4-6-17(16)7-5-12/h1-3,8H,4-7,9H2. The lowest BCUT2D eigenvalue weighted by atomic mass is 10.2. The Kier molecular flexibility index (Phi) is 3.86. The number of nitro groups is 1. The Morgan fingerprint density at radius 1 is 1.35 bits per heavy atom. The van der Waals surface area contributed by atoms with Gasteiger partial charge in [0, 0.05) is 54.1 Å². The second-order valence-electron chi connectivity index (χ2n) is 4.05. The van der Waals surface area contributed by atoms with Crippen molar-refractivity contribution in [3.05, 3.63) is 39.9 Å². The van der Waals surface area contributed by atoms with E-state index in [0.29, 0.717) is 18.1 Å². The molecular weight excluding hydrogens is 240 g/mol. The van der Waals surface area contributed by atoms with E-state index < -0.39 is 10.8 Å². The monoisotopic (exact) mass is 254 g/mol. The summed E-state index contributed by atoms with van der Waals surface area (Å²) in [7, 11) is -0.681. The lowest BCUT2D eigenvalue weighted by Gasteiger charge is -2.25. The quantitative estimate of drug-likeness (QED) is 0.600. The van der Waals surface area contributed by atoms with E-state index in [1.807, 2.05) is 6.07 Å². The molecule has 92 valence electrons. The SMILES string of the molecule is O=[N+]([O-])c1cccc(CN2CCS(=O)CC2)c1. The second kappa shape index (κ2) is 5.37. The minimum absolute atomic E-state index is 0.128. The Balaban J connectivity index is 2.01. The summed E-state index contributed by atoms with van der Waals surface area (Å²) in [5.41, 5.74) is 1.06. The third-order valence-electron chi connectivity index (χ3n) is 2.80. The van der Waals surface area contributed by atoms with Crippen LogP contribution in [0.5, 0.6) is 0 Å². The molecule has 6 heteroatoms. The zero-order chi connectivity index (χ0) is 12.3.